The zero-order chi connectivity index (χ0) is 14.8. The second-order valence-electron chi connectivity index (χ2n) is 7.39. The molecule has 3 aliphatic rings. The number of para-hydroxylation sites is 1. The highest BCUT2D eigenvalue weighted by atomic mass is 28.4. The van der Waals surface area contributed by atoms with Crippen molar-refractivity contribution >= 4 is 8.56 Å². The summed E-state index contributed by atoms with van der Waals surface area (Å²) in [6.45, 7) is 0.787. The highest BCUT2D eigenvalue weighted by molar-refractivity contribution is 6.71. The van der Waals surface area contributed by atoms with Crippen LogP contribution in [0, 0.1) is 0 Å². The predicted molar refractivity (Wildman–Crippen MR) is 91.3 cm³/mol. The van der Waals surface area contributed by atoms with Crippen molar-refractivity contribution in [2.45, 2.75) is 81.9 Å². The molecule has 0 saturated heterocycles. The summed E-state index contributed by atoms with van der Waals surface area (Å²) in [6, 6.07) is 8.55. The Morgan fingerprint density at radius 1 is 0.773 bits per heavy atom. The first kappa shape index (κ1) is 14.8. The Bertz CT molecular complexity index is 486. The molecule has 0 aromatic heterocycles. The summed E-state index contributed by atoms with van der Waals surface area (Å²) in [5, 5.41) is 0. The Hall–Kier alpha value is -0.803. The molecular weight excluding hydrogens is 288 g/mol. The van der Waals surface area contributed by atoms with Crippen molar-refractivity contribution < 1.29 is 8.85 Å². The van der Waals surface area contributed by atoms with Crippen LogP contribution in [-0.2, 0) is 11.0 Å². The molecule has 0 atom stereocenters. The van der Waals surface area contributed by atoms with Crippen molar-refractivity contribution in [3.05, 3.63) is 29.8 Å². The van der Waals surface area contributed by atoms with Gasteiger partial charge in [0.25, 0.3) is 0 Å². The SMILES string of the molecule is c1ccc2c(c1)CO[Si](C1CCCCC1)(C1CCCCC1)O2. The van der Waals surface area contributed by atoms with Crippen LogP contribution in [-0.4, -0.2) is 8.56 Å². The third-order valence-corrected chi connectivity index (χ3v) is 10.6. The lowest BCUT2D eigenvalue weighted by Crippen LogP contribution is -2.56. The van der Waals surface area contributed by atoms with Gasteiger partial charge in [-0.1, -0.05) is 56.7 Å². The summed E-state index contributed by atoms with van der Waals surface area (Å²) in [5.41, 5.74) is 2.69. The second kappa shape index (κ2) is 6.36. The molecule has 2 aliphatic carbocycles. The van der Waals surface area contributed by atoms with Crippen LogP contribution in [0.2, 0.25) is 11.1 Å². The molecule has 2 saturated carbocycles. The summed E-state index contributed by atoms with van der Waals surface area (Å²) in [4.78, 5) is 0. The third-order valence-electron chi connectivity index (χ3n) is 6.04. The average Bonchev–Trinajstić information content (AvgIpc) is 2.63. The first-order valence-corrected chi connectivity index (χ1v) is 11.3. The van der Waals surface area contributed by atoms with Crippen molar-refractivity contribution in [1.29, 1.82) is 0 Å². The van der Waals surface area contributed by atoms with Gasteiger partial charge in [-0.25, -0.2) is 0 Å². The molecule has 1 aromatic carbocycles. The maximum absolute atomic E-state index is 6.82. The minimum absolute atomic E-state index is 0.720. The zero-order valence-corrected chi connectivity index (χ0v) is 14.6. The zero-order valence-electron chi connectivity index (χ0n) is 13.6. The lowest BCUT2D eigenvalue weighted by atomic mass is 9.99. The Morgan fingerprint density at radius 2 is 1.36 bits per heavy atom. The van der Waals surface area contributed by atoms with E-state index in [4.69, 9.17) is 8.85 Å². The van der Waals surface area contributed by atoms with E-state index in [0.717, 1.165) is 23.4 Å². The van der Waals surface area contributed by atoms with E-state index in [1.807, 2.05) is 0 Å². The number of benzene rings is 1. The van der Waals surface area contributed by atoms with Gasteiger partial charge in [0, 0.05) is 16.6 Å². The summed E-state index contributed by atoms with van der Waals surface area (Å²) in [5.74, 6) is 1.14. The van der Waals surface area contributed by atoms with Crippen molar-refractivity contribution in [3.8, 4) is 5.75 Å². The number of hydrogen-bond acceptors (Lipinski definition) is 2. The minimum Gasteiger partial charge on any atom is -0.519 e. The van der Waals surface area contributed by atoms with Crippen molar-refractivity contribution in [2.75, 3.05) is 0 Å². The fraction of sp³-hybridized carbons (Fsp3) is 0.684. The van der Waals surface area contributed by atoms with Crippen LogP contribution in [0.3, 0.4) is 0 Å². The number of fused-ring (bicyclic) bond motifs is 1. The Kier molecular flexibility index (Phi) is 4.27. The average molecular weight is 317 g/mol. The largest absolute Gasteiger partial charge is 0.519 e. The highest BCUT2D eigenvalue weighted by Gasteiger charge is 2.55. The molecule has 1 aliphatic heterocycles. The Morgan fingerprint density at radius 3 is 2.00 bits per heavy atom. The van der Waals surface area contributed by atoms with Gasteiger partial charge in [0.1, 0.15) is 5.75 Å². The maximum atomic E-state index is 6.82. The molecular formula is C19H28O2Si. The summed E-state index contributed by atoms with van der Waals surface area (Å²) < 4.78 is 13.5. The summed E-state index contributed by atoms with van der Waals surface area (Å²) >= 11 is 0. The smallest absolute Gasteiger partial charge is 0.405 e. The fourth-order valence-electron chi connectivity index (χ4n) is 4.86. The van der Waals surface area contributed by atoms with Crippen LogP contribution >= 0.6 is 0 Å². The van der Waals surface area contributed by atoms with Gasteiger partial charge in [-0.15, -0.1) is 0 Å². The molecule has 1 heterocycles. The predicted octanol–water partition coefficient (Wildman–Crippen LogP) is 5.71. The van der Waals surface area contributed by atoms with E-state index in [1.165, 1.54) is 69.8 Å². The van der Waals surface area contributed by atoms with E-state index in [1.54, 1.807) is 0 Å². The second-order valence-corrected chi connectivity index (χ2v) is 11.0. The molecule has 0 bridgehead atoms. The van der Waals surface area contributed by atoms with Crippen molar-refractivity contribution in [3.63, 3.8) is 0 Å². The van der Waals surface area contributed by atoms with E-state index >= 15 is 0 Å². The van der Waals surface area contributed by atoms with Crippen LogP contribution in [0.15, 0.2) is 24.3 Å². The first-order valence-electron chi connectivity index (χ1n) is 9.29. The van der Waals surface area contributed by atoms with E-state index in [0.29, 0.717) is 0 Å². The lowest BCUT2D eigenvalue weighted by Gasteiger charge is -2.47. The number of hydrogen-bond donors (Lipinski definition) is 0. The van der Waals surface area contributed by atoms with Gasteiger partial charge >= 0.3 is 8.56 Å². The molecule has 0 unspecified atom stereocenters. The van der Waals surface area contributed by atoms with Crippen LogP contribution in [0.1, 0.15) is 69.8 Å². The van der Waals surface area contributed by atoms with Crippen molar-refractivity contribution in [2.24, 2.45) is 0 Å². The Labute approximate surface area is 135 Å². The van der Waals surface area contributed by atoms with Gasteiger partial charge in [-0.3, -0.25) is 0 Å². The third kappa shape index (κ3) is 2.63. The lowest BCUT2D eigenvalue weighted by molar-refractivity contribution is 0.163. The maximum Gasteiger partial charge on any atom is 0.405 e. The highest BCUT2D eigenvalue weighted by Crippen LogP contribution is 2.51. The van der Waals surface area contributed by atoms with E-state index in [9.17, 15) is 0 Å². The summed E-state index contributed by atoms with van der Waals surface area (Å²) in [6.07, 6.45) is 13.7. The normalized spacial score (nSPS) is 26.2. The van der Waals surface area contributed by atoms with E-state index < -0.39 is 8.56 Å². The standard InChI is InChI=1S/C19H28O2Si/c1-3-10-17(11-4-1)22(18-12-5-2-6-13-18)20-15-16-9-7-8-14-19(16)21-22/h7-9,14,17-18H,1-6,10-13,15H2. The monoisotopic (exact) mass is 316 g/mol. The molecule has 0 spiro atoms. The van der Waals surface area contributed by atoms with Crippen LogP contribution in [0.25, 0.3) is 0 Å². The number of rotatable bonds is 2. The topological polar surface area (TPSA) is 18.5 Å². The van der Waals surface area contributed by atoms with Crippen LogP contribution < -0.4 is 4.43 Å². The quantitative estimate of drug-likeness (QED) is 0.651. The van der Waals surface area contributed by atoms with E-state index in [-0.39, 0.29) is 0 Å². The molecule has 4 rings (SSSR count). The molecule has 1 aromatic rings. The molecule has 3 heteroatoms. The van der Waals surface area contributed by atoms with E-state index in [2.05, 4.69) is 24.3 Å². The molecule has 0 N–H and O–H groups in total. The van der Waals surface area contributed by atoms with Gasteiger partial charge in [0.15, 0.2) is 0 Å². The molecule has 22 heavy (non-hydrogen) atoms. The fourth-order valence-corrected chi connectivity index (χ4v) is 9.74. The van der Waals surface area contributed by atoms with Gasteiger partial charge in [-0.05, 0) is 31.7 Å². The molecule has 2 fully saturated rings. The summed E-state index contributed by atoms with van der Waals surface area (Å²) in [7, 11) is -2.13. The van der Waals surface area contributed by atoms with Gasteiger partial charge in [0.05, 0.1) is 6.61 Å². The van der Waals surface area contributed by atoms with Crippen LogP contribution in [0.4, 0.5) is 0 Å². The van der Waals surface area contributed by atoms with Crippen molar-refractivity contribution in [1.82, 2.24) is 0 Å². The van der Waals surface area contributed by atoms with Gasteiger partial charge in [-0.2, -0.15) is 0 Å². The Balaban J connectivity index is 1.66. The molecule has 0 radical (unpaired) electrons. The van der Waals surface area contributed by atoms with Crippen LogP contribution in [0.5, 0.6) is 5.75 Å². The first-order chi connectivity index (χ1) is 10.9. The molecule has 0 amide bonds. The molecule has 120 valence electrons. The molecule has 2 nitrogen and oxygen atoms in total. The van der Waals surface area contributed by atoms with Gasteiger partial charge < -0.3 is 8.85 Å². The van der Waals surface area contributed by atoms with Gasteiger partial charge in [0.2, 0.25) is 0 Å². The minimum atomic E-state index is -2.13.